The Morgan fingerprint density at radius 3 is 2.50 bits per heavy atom. The van der Waals surface area contributed by atoms with Crippen LogP contribution in [0.2, 0.25) is 0 Å². The van der Waals surface area contributed by atoms with Crippen LogP contribution in [0.15, 0.2) is 40.9 Å². The van der Waals surface area contributed by atoms with Gasteiger partial charge in [0.1, 0.15) is 17.3 Å². The highest BCUT2D eigenvalue weighted by atomic mass is 79.9. The molecule has 0 radical (unpaired) electrons. The Kier molecular flexibility index (Phi) is 5.49. The molecule has 2 N–H and O–H groups in total. The molecule has 0 aliphatic heterocycles. The second kappa shape index (κ2) is 7.35. The second-order valence-electron chi connectivity index (χ2n) is 4.79. The Labute approximate surface area is 135 Å². The van der Waals surface area contributed by atoms with Gasteiger partial charge in [0.05, 0.1) is 0 Å². The number of carbonyl (C=O) groups excluding carboxylic acids is 1. The van der Waals surface area contributed by atoms with Crippen molar-refractivity contribution in [3.05, 3.63) is 58.1 Å². The van der Waals surface area contributed by atoms with Gasteiger partial charge in [-0.15, -0.1) is 0 Å². The fourth-order valence-corrected chi connectivity index (χ4v) is 2.24. The third-order valence-electron chi connectivity index (χ3n) is 3.07. The number of anilines is 2. The molecule has 0 atom stereocenters. The van der Waals surface area contributed by atoms with Gasteiger partial charge in [-0.3, -0.25) is 4.79 Å². The molecular formula is C16H15BrF2N2O. The van der Waals surface area contributed by atoms with Crippen LogP contribution in [-0.4, -0.2) is 12.5 Å². The molecule has 0 aliphatic rings. The first-order valence-electron chi connectivity index (χ1n) is 6.71. The molecule has 0 bridgehead atoms. The summed E-state index contributed by atoms with van der Waals surface area (Å²) < 4.78 is 27.7. The molecule has 0 heterocycles. The Bertz CT molecular complexity index is 672. The number of hydrogen-bond donors (Lipinski definition) is 2. The molecule has 1 amide bonds. The van der Waals surface area contributed by atoms with Crippen LogP contribution in [0.3, 0.4) is 0 Å². The lowest BCUT2D eigenvalue weighted by molar-refractivity contribution is -0.115. The Morgan fingerprint density at radius 2 is 1.86 bits per heavy atom. The SMILES string of the molecule is Cc1ccc(NC(=O)CCNc2c(F)cccc2F)cc1Br. The van der Waals surface area contributed by atoms with Crippen molar-refractivity contribution in [2.75, 3.05) is 17.2 Å². The summed E-state index contributed by atoms with van der Waals surface area (Å²) in [7, 11) is 0. The van der Waals surface area contributed by atoms with Gasteiger partial charge in [0, 0.05) is 23.1 Å². The fraction of sp³-hybridized carbons (Fsp3) is 0.188. The summed E-state index contributed by atoms with van der Waals surface area (Å²) in [6.07, 6.45) is 0.0965. The highest BCUT2D eigenvalue weighted by molar-refractivity contribution is 9.10. The maximum absolute atomic E-state index is 13.4. The average Bonchev–Trinajstić information content (AvgIpc) is 2.46. The lowest BCUT2D eigenvalue weighted by Gasteiger charge is -2.09. The Morgan fingerprint density at radius 1 is 1.18 bits per heavy atom. The molecule has 0 saturated carbocycles. The topological polar surface area (TPSA) is 41.1 Å². The quantitative estimate of drug-likeness (QED) is 0.816. The molecule has 0 spiro atoms. The predicted molar refractivity (Wildman–Crippen MR) is 87.0 cm³/mol. The first-order valence-corrected chi connectivity index (χ1v) is 7.50. The predicted octanol–water partition coefficient (Wildman–Crippen LogP) is 4.48. The van der Waals surface area contributed by atoms with E-state index in [1.54, 1.807) is 12.1 Å². The number of para-hydroxylation sites is 1. The minimum atomic E-state index is -0.678. The normalized spacial score (nSPS) is 10.4. The smallest absolute Gasteiger partial charge is 0.226 e. The molecule has 22 heavy (non-hydrogen) atoms. The van der Waals surface area contributed by atoms with Crippen LogP contribution >= 0.6 is 15.9 Å². The fourth-order valence-electron chi connectivity index (χ4n) is 1.86. The van der Waals surface area contributed by atoms with Gasteiger partial charge >= 0.3 is 0 Å². The molecular weight excluding hydrogens is 354 g/mol. The largest absolute Gasteiger partial charge is 0.380 e. The van der Waals surface area contributed by atoms with E-state index < -0.39 is 11.6 Å². The van der Waals surface area contributed by atoms with Crippen molar-refractivity contribution >= 4 is 33.2 Å². The number of aryl methyl sites for hydroxylation is 1. The third kappa shape index (κ3) is 4.27. The molecule has 2 rings (SSSR count). The minimum absolute atomic E-state index is 0.0965. The van der Waals surface area contributed by atoms with E-state index in [1.165, 1.54) is 6.07 Å². The van der Waals surface area contributed by atoms with E-state index in [4.69, 9.17) is 0 Å². The van der Waals surface area contributed by atoms with Gasteiger partial charge in [-0.05, 0) is 36.8 Å². The van der Waals surface area contributed by atoms with Gasteiger partial charge in [0.15, 0.2) is 0 Å². The third-order valence-corrected chi connectivity index (χ3v) is 3.93. The Balaban J connectivity index is 1.86. The van der Waals surface area contributed by atoms with Gasteiger partial charge in [0.25, 0.3) is 0 Å². The summed E-state index contributed by atoms with van der Waals surface area (Å²) in [6, 6.07) is 9.09. The molecule has 0 saturated heterocycles. The number of carbonyl (C=O) groups is 1. The van der Waals surface area contributed by atoms with Crippen LogP contribution in [-0.2, 0) is 4.79 Å². The van der Waals surface area contributed by atoms with Gasteiger partial charge < -0.3 is 10.6 Å². The number of halogens is 3. The first-order chi connectivity index (χ1) is 10.5. The lowest BCUT2D eigenvalue weighted by atomic mass is 10.2. The van der Waals surface area contributed by atoms with Crippen molar-refractivity contribution in [3.8, 4) is 0 Å². The highest BCUT2D eigenvalue weighted by Gasteiger charge is 2.09. The molecule has 3 nitrogen and oxygen atoms in total. The molecule has 116 valence electrons. The van der Waals surface area contributed by atoms with Crippen molar-refractivity contribution in [2.45, 2.75) is 13.3 Å². The van der Waals surface area contributed by atoms with E-state index in [-0.39, 0.29) is 24.6 Å². The summed E-state index contributed by atoms with van der Waals surface area (Å²) in [5.74, 6) is -1.59. The molecule has 2 aromatic carbocycles. The van der Waals surface area contributed by atoms with Crippen molar-refractivity contribution in [1.29, 1.82) is 0 Å². The zero-order valence-electron chi connectivity index (χ0n) is 11.9. The van der Waals surface area contributed by atoms with E-state index in [9.17, 15) is 13.6 Å². The molecule has 0 aromatic heterocycles. The Hall–Kier alpha value is -1.95. The van der Waals surface area contributed by atoms with Crippen LogP contribution in [0.1, 0.15) is 12.0 Å². The summed E-state index contributed by atoms with van der Waals surface area (Å²) in [5, 5.41) is 5.33. The van der Waals surface area contributed by atoms with Crippen molar-refractivity contribution in [3.63, 3.8) is 0 Å². The number of amides is 1. The van der Waals surface area contributed by atoms with Gasteiger partial charge in [-0.1, -0.05) is 28.1 Å². The van der Waals surface area contributed by atoms with E-state index in [1.807, 2.05) is 13.0 Å². The zero-order chi connectivity index (χ0) is 16.1. The van der Waals surface area contributed by atoms with Gasteiger partial charge in [-0.25, -0.2) is 8.78 Å². The molecule has 0 fully saturated rings. The summed E-state index contributed by atoms with van der Waals surface area (Å²) in [4.78, 5) is 11.8. The van der Waals surface area contributed by atoms with Gasteiger partial charge in [-0.2, -0.15) is 0 Å². The van der Waals surface area contributed by atoms with Crippen LogP contribution in [0.4, 0.5) is 20.2 Å². The number of rotatable bonds is 5. The zero-order valence-corrected chi connectivity index (χ0v) is 13.5. The summed E-state index contributed by atoms with van der Waals surface area (Å²) >= 11 is 3.39. The standard InChI is InChI=1S/C16H15BrF2N2O/c1-10-5-6-11(9-12(10)17)21-15(22)7-8-20-16-13(18)3-2-4-14(16)19/h2-6,9,20H,7-8H2,1H3,(H,21,22). The maximum Gasteiger partial charge on any atom is 0.226 e. The van der Waals surface area contributed by atoms with E-state index in [0.29, 0.717) is 5.69 Å². The average molecular weight is 369 g/mol. The summed E-state index contributed by atoms with van der Waals surface area (Å²) in [5.41, 5.74) is 1.52. The van der Waals surface area contributed by atoms with E-state index in [0.717, 1.165) is 22.2 Å². The molecule has 6 heteroatoms. The van der Waals surface area contributed by atoms with Crippen molar-refractivity contribution < 1.29 is 13.6 Å². The van der Waals surface area contributed by atoms with Crippen LogP contribution < -0.4 is 10.6 Å². The maximum atomic E-state index is 13.4. The number of hydrogen-bond acceptors (Lipinski definition) is 2. The van der Waals surface area contributed by atoms with Crippen molar-refractivity contribution in [2.24, 2.45) is 0 Å². The second-order valence-corrected chi connectivity index (χ2v) is 5.64. The first kappa shape index (κ1) is 16.4. The summed E-state index contributed by atoms with van der Waals surface area (Å²) in [6.45, 7) is 2.08. The molecule has 0 aliphatic carbocycles. The van der Waals surface area contributed by atoms with E-state index in [2.05, 4.69) is 26.6 Å². The minimum Gasteiger partial charge on any atom is -0.380 e. The molecule has 2 aromatic rings. The van der Waals surface area contributed by atoms with Crippen molar-refractivity contribution in [1.82, 2.24) is 0 Å². The number of benzene rings is 2. The monoisotopic (exact) mass is 368 g/mol. The van der Waals surface area contributed by atoms with Gasteiger partial charge in [0.2, 0.25) is 5.91 Å². The van der Waals surface area contributed by atoms with Crippen LogP contribution in [0.25, 0.3) is 0 Å². The van der Waals surface area contributed by atoms with E-state index >= 15 is 0 Å². The molecule has 0 unspecified atom stereocenters. The van der Waals surface area contributed by atoms with Crippen LogP contribution in [0.5, 0.6) is 0 Å². The highest BCUT2D eigenvalue weighted by Crippen LogP contribution is 2.21. The number of nitrogens with one attached hydrogen (secondary N) is 2. The lowest BCUT2D eigenvalue weighted by Crippen LogP contribution is -2.17. The van der Waals surface area contributed by atoms with Crippen LogP contribution in [0, 0.1) is 18.6 Å².